The first-order valence-corrected chi connectivity index (χ1v) is 7.80. The van der Waals surface area contributed by atoms with Crippen molar-refractivity contribution in [2.45, 2.75) is 19.6 Å². The molecule has 0 unspecified atom stereocenters. The average Bonchev–Trinajstić information content (AvgIpc) is 2.95. The summed E-state index contributed by atoms with van der Waals surface area (Å²) in [6.07, 6.45) is -0.411. The van der Waals surface area contributed by atoms with Crippen molar-refractivity contribution in [2.24, 2.45) is 0 Å². The fourth-order valence-electron chi connectivity index (χ4n) is 2.88. The van der Waals surface area contributed by atoms with Gasteiger partial charge in [-0.15, -0.1) is 0 Å². The lowest BCUT2D eigenvalue weighted by atomic mass is 10.1. The van der Waals surface area contributed by atoms with Gasteiger partial charge in [0.15, 0.2) is 0 Å². The molecular formula is C17H23N3O2. The number of rotatable bonds is 5. The van der Waals surface area contributed by atoms with Crippen LogP contribution in [0, 0.1) is 6.92 Å². The molecule has 0 spiro atoms. The van der Waals surface area contributed by atoms with Gasteiger partial charge in [0.1, 0.15) is 5.76 Å². The second-order valence-electron chi connectivity index (χ2n) is 5.93. The highest BCUT2D eigenvalue weighted by atomic mass is 16.5. The minimum absolute atomic E-state index is 0.411. The molecule has 1 fully saturated rings. The van der Waals surface area contributed by atoms with Crippen LogP contribution in [0.2, 0.25) is 0 Å². The van der Waals surface area contributed by atoms with Crippen molar-refractivity contribution in [3.8, 4) is 0 Å². The maximum absolute atomic E-state index is 10.3. The van der Waals surface area contributed by atoms with E-state index in [1.54, 1.807) is 0 Å². The summed E-state index contributed by atoms with van der Waals surface area (Å²) in [7, 11) is 0. The highest BCUT2D eigenvalue weighted by Crippen LogP contribution is 2.15. The lowest BCUT2D eigenvalue weighted by Gasteiger charge is -2.35. The van der Waals surface area contributed by atoms with Gasteiger partial charge in [0.2, 0.25) is 0 Å². The second kappa shape index (κ2) is 7.05. The van der Waals surface area contributed by atoms with Gasteiger partial charge < -0.3 is 9.63 Å². The van der Waals surface area contributed by atoms with Crippen LogP contribution in [0.3, 0.4) is 0 Å². The Morgan fingerprint density at radius 2 is 1.82 bits per heavy atom. The average molecular weight is 301 g/mol. The maximum Gasteiger partial charge on any atom is 0.133 e. The summed E-state index contributed by atoms with van der Waals surface area (Å²) in [6, 6.07) is 11.9. The van der Waals surface area contributed by atoms with Crippen LogP contribution in [-0.4, -0.2) is 52.8 Å². The van der Waals surface area contributed by atoms with E-state index < -0.39 is 6.10 Å². The number of β-amino-alcohol motifs (C(OH)–C–C–N with tert-alkyl or cyclic N) is 1. The maximum atomic E-state index is 10.3. The first-order valence-electron chi connectivity index (χ1n) is 7.80. The van der Waals surface area contributed by atoms with Crippen molar-refractivity contribution < 1.29 is 9.63 Å². The van der Waals surface area contributed by atoms with Crippen LogP contribution in [0.25, 0.3) is 0 Å². The van der Waals surface area contributed by atoms with E-state index >= 15 is 0 Å². The van der Waals surface area contributed by atoms with Gasteiger partial charge in [-0.05, 0) is 12.5 Å². The Morgan fingerprint density at radius 1 is 1.14 bits per heavy atom. The van der Waals surface area contributed by atoms with Crippen molar-refractivity contribution in [3.63, 3.8) is 0 Å². The number of hydrogen-bond donors (Lipinski definition) is 1. The lowest BCUT2D eigenvalue weighted by molar-refractivity contribution is 0.0693. The van der Waals surface area contributed by atoms with E-state index in [-0.39, 0.29) is 0 Å². The summed E-state index contributed by atoms with van der Waals surface area (Å²) in [5.74, 6) is 0.861. The summed E-state index contributed by atoms with van der Waals surface area (Å²) in [4.78, 5) is 4.70. The van der Waals surface area contributed by atoms with E-state index in [1.807, 2.05) is 43.3 Å². The molecule has 0 radical (unpaired) electrons. The Labute approximate surface area is 131 Å². The van der Waals surface area contributed by atoms with Gasteiger partial charge in [-0.3, -0.25) is 9.80 Å². The molecule has 1 N–H and O–H groups in total. The highest BCUT2D eigenvalue weighted by molar-refractivity contribution is 5.17. The van der Waals surface area contributed by atoms with Crippen LogP contribution in [0.1, 0.15) is 23.1 Å². The SMILES string of the molecule is Cc1cc(CN2CCN(C[C@H](O)c3ccccc3)CC2)no1. The zero-order valence-corrected chi connectivity index (χ0v) is 13.0. The minimum atomic E-state index is -0.411. The molecule has 2 heterocycles. The molecular weight excluding hydrogens is 278 g/mol. The molecule has 1 saturated heterocycles. The lowest BCUT2D eigenvalue weighted by Crippen LogP contribution is -2.47. The molecule has 1 aliphatic heterocycles. The van der Waals surface area contributed by atoms with Crippen molar-refractivity contribution in [1.29, 1.82) is 0 Å². The van der Waals surface area contributed by atoms with Crippen LogP contribution < -0.4 is 0 Å². The fourth-order valence-corrected chi connectivity index (χ4v) is 2.88. The molecule has 0 saturated carbocycles. The smallest absolute Gasteiger partial charge is 0.133 e. The van der Waals surface area contributed by atoms with Gasteiger partial charge in [0.25, 0.3) is 0 Å². The molecule has 2 aromatic rings. The largest absolute Gasteiger partial charge is 0.387 e. The van der Waals surface area contributed by atoms with Gasteiger partial charge >= 0.3 is 0 Å². The van der Waals surface area contributed by atoms with E-state index in [1.165, 1.54) is 0 Å². The molecule has 3 rings (SSSR count). The fraction of sp³-hybridized carbons (Fsp3) is 0.471. The first-order chi connectivity index (χ1) is 10.7. The Balaban J connectivity index is 1.45. The normalized spacial score (nSPS) is 18.5. The zero-order chi connectivity index (χ0) is 15.4. The number of aliphatic hydroxyl groups excluding tert-OH is 1. The van der Waals surface area contributed by atoms with E-state index in [0.29, 0.717) is 6.54 Å². The number of aromatic nitrogens is 1. The summed E-state index contributed by atoms with van der Waals surface area (Å²) < 4.78 is 5.11. The molecule has 1 aromatic carbocycles. The molecule has 1 aromatic heterocycles. The Kier molecular flexibility index (Phi) is 4.87. The number of hydrogen-bond acceptors (Lipinski definition) is 5. The van der Waals surface area contributed by atoms with Crippen LogP contribution in [0.15, 0.2) is 40.9 Å². The Morgan fingerprint density at radius 3 is 2.45 bits per heavy atom. The zero-order valence-electron chi connectivity index (χ0n) is 13.0. The van der Waals surface area contributed by atoms with Crippen LogP contribution in [0.5, 0.6) is 0 Å². The van der Waals surface area contributed by atoms with Crippen LogP contribution in [-0.2, 0) is 6.54 Å². The third kappa shape index (κ3) is 3.94. The standard InChI is InChI=1S/C17H23N3O2/c1-14-11-16(18-22-14)12-19-7-9-20(10-8-19)13-17(21)15-5-3-2-4-6-15/h2-6,11,17,21H,7-10,12-13H2,1H3/t17-/m0/s1. The molecule has 0 bridgehead atoms. The quantitative estimate of drug-likeness (QED) is 0.913. The van der Waals surface area contributed by atoms with E-state index in [9.17, 15) is 5.11 Å². The van der Waals surface area contributed by atoms with Gasteiger partial charge in [-0.1, -0.05) is 35.5 Å². The molecule has 0 amide bonds. The number of aryl methyl sites for hydroxylation is 1. The number of benzene rings is 1. The molecule has 5 heteroatoms. The summed E-state index contributed by atoms with van der Waals surface area (Å²) >= 11 is 0. The highest BCUT2D eigenvalue weighted by Gasteiger charge is 2.20. The van der Waals surface area contributed by atoms with E-state index in [0.717, 1.165) is 49.7 Å². The minimum Gasteiger partial charge on any atom is -0.387 e. The van der Waals surface area contributed by atoms with Crippen molar-refractivity contribution in [2.75, 3.05) is 32.7 Å². The number of aliphatic hydroxyl groups is 1. The van der Waals surface area contributed by atoms with Gasteiger partial charge in [0.05, 0.1) is 11.8 Å². The third-order valence-electron chi connectivity index (χ3n) is 4.14. The predicted molar refractivity (Wildman–Crippen MR) is 84.4 cm³/mol. The van der Waals surface area contributed by atoms with Crippen molar-refractivity contribution in [1.82, 2.24) is 15.0 Å². The second-order valence-corrected chi connectivity index (χ2v) is 5.93. The predicted octanol–water partition coefficient (Wildman–Crippen LogP) is 1.83. The van der Waals surface area contributed by atoms with Crippen molar-refractivity contribution >= 4 is 0 Å². The van der Waals surface area contributed by atoms with E-state index in [4.69, 9.17) is 4.52 Å². The number of nitrogens with zero attached hydrogens (tertiary/aromatic N) is 3. The Bertz CT molecular complexity index is 577. The van der Waals surface area contributed by atoms with Crippen LogP contribution >= 0.6 is 0 Å². The summed E-state index contributed by atoms with van der Waals surface area (Å²) in [5.41, 5.74) is 1.98. The summed E-state index contributed by atoms with van der Waals surface area (Å²) in [6.45, 7) is 7.38. The molecule has 1 atom stereocenters. The van der Waals surface area contributed by atoms with Crippen molar-refractivity contribution in [3.05, 3.63) is 53.4 Å². The summed E-state index contributed by atoms with van der Waals surface area (Å²) in [5, 5.41) is 14.3. The van der Waals surface area contributed by atoms with E-state index in [2.05, 4.69) is 15.0 Å². The number of piperazine rings is 1. The monoisotopic (exact) mass is 301 g/mol. The molecule has 118 valence electrons. The topological polar surface area (TPSA) is 52.7 Å². The van der Waals surface area contributed by atoms with Gasteiger partial charge in [-0.25, -0.2) is 0 Å². The third-order valence-corrected chi connectivity index (χ3v) is 4.14. The first kappa shape index (κ1) is 15.2. The molecule has 22 heavy (non-hydrogen) atoms. The Hall–Kier alpha value is -1.69. The molecule has 0 aliphatic carbocycles. The van der Waals surface area contributed by atoms with Gasteiger partial charge in [-0.2, -0.15) is 0 Å². The molecule has 1 aliphatic rings. The van der Waals surface area contributed by atoms with Gasteiger partial charge in [0, 0.05) is 45.3 Å². The molecule has 5 nitrogen and oxygen atoms in total. The van der Waals surface area contributed by atoms with Crippen LogP contribution in [0.4, 0.5) is 0 Å².